The van der Waals surface area contributed by atoms with Gasteiger partial charge in [0.15, 0.2) is 6.10 Å². The van der Waals surface area contributed by atoms with Crippen LogP contribution in [0.25, 0.3) is 0 Å². The van der Waals surface area contributed by atoms with Crippen molar-refractivity contribution in [1.82, 2.24) is 9.29 Å². The molecular weight excluding hydrogens is 444 g/mol. The molecule has 1 saturated heterocycles. The number of aryl methyl sites for hydroxylation is 2. The van der Waals surface area contributed by atoms with Crippen LogP contribution in [0, 0.1) is 19.8 Å². The fraction of sp³-hybridized carbons (Fsp3) is 0.435. The number of ether oxygens (including phenoxy) is 1. The molecule has 0 aliphatic carbocycles. The molecule has 176 valence electrons. The number of carbonyl (C=O) groups excluding carboxylic acids is 2. The van der Waals surface area contributed by atoms with Gasteiger partial charge in [0.1, 0.15) is 11.6 Å². The van der Waals surface area contributed by atoms with Gasteiger partial charge in [-0.15, -0.1) is 0 Å². The molecule has 1 aromatic carbocycles. The van der Waals surface area contributed by atoms with E-state index in [9.17, 15) is 18.0 Å². The molecule has 0 saturated carbocycles. The highest BCUT2D eigenvalue weighted by Crippen LogP contribution is 2.36. The molecule has 2 aliphatic rings. The Balaban J connectivity index is 1.55. The maximum absolute atomic E-state index is 13.5. The first-order chi connectivity index (χ1) is 15.7. The first-order valence-electron chi connectivity index (χ1n) is 11.0. The number of amides is 2. The molecule has 1 aromatic heterocycles. The molecule has 33 heavy (non-hydrogen) atoms. The third kappa shape index (κ3) is 4.72. The van der Waals surface area contributed by atoms with Crippen LogP contribution in [0.5, 0.6) is 5.75 Å². The lowest BCUT2D eigenvalue weighted by atomic mass is 9.99. The van der Waals surface area contributed by atoms with E-state index < -0.39 is 22.0 Å². The van der Waals surface area contributed by atoms with E-state index >= 15 is 0 Å². The lowest BCUT2D eigenvalue weighted by Gasteiger charge is -2.32. The predicted molar refractivity (Wildman–Crippen MR) is 124 cm³/mol. The Hall–Kier alpha value is -2.98. The summed E-state index contributed by atoms with van der Waals surface area (Å²) in [7, 11) is -3.86. The molecule has 9 nitrogen and oxygen atoms in total. The van der Waals surface area contributed by atoms with Crippen molar-refractivity contribution in [3.63, 3.8) is 0 Å². The van der Waals surface area contributed by atoms with E-state index in [4.69, 9.17) is 4.74 Å². The van der Waals surface area contributed by atoms with Crippen LogP contribution >= 0.6 is 0 Å². The Kier molecular flexibility index (Phi) is 6.40. The summed E-state index contributed by atoms with van der Waals surface area (Å²) in [5, 5.41) is 5.58. The van der Waals surface area contributed by atoms with Crippen molar-refractivity contribution in [1.29, 1.82) is 0 Å². The molecule has 3 heterocycles. The molecule has 2 atom stereocenters. The van der Waals surface area contributed by atoms with E-state index in [1.807, 2.05) is 19.9 Å². The van der Waals surface area contributed by atoms with E-state index in [0.717, 1.165) is 5.56 Å². The van der Waals surface area contributed by atoms with Crippen LogP contribution in [0.2, 0.25) is 0 Å². The fourth-order valence-electron chi connectivity index (χ4n) is 4.18. The van der Waals surface area contributed by atoms with Crippen LogP contribution in [0.4, 0.5) is 11.5 Å². The number of rotatable bonds is 5. The number of aromatic nitrogens is 1. The number of benzene rings is 1. The molecule has 0 spiro atoms. The zero-order chi connectivity index (χ0) is 23.8. The molecule has 0 radical (unpaired) electrons. The van der Waals surface area contributed by atoms with Gasteiger partial charge in [-0.2, -0.15) is 4.31 Å². The quantitative estimate of drug-likeness (QED) is 0.691. The van der Waals surface area contributed by atoms with Crippen molar-refractivity contribution >= 4 is 33.3 Å². The van der Waals surface area contributed by atoms with Crippen LogP contribution in [-0.4, -0.2) is 48.7 Å². The number of nitrogens with zero attached hydrogens (tertiary/aromatic N) is 2. The number of anilines is 2. The minimum Gasteiger partial charge on any atom is -0.478 e. The normalized spacial score (nSPS) is 21.0. The maximum Gasteiger partial charge on any atom is 0.265 e. The monoisotopic (exact) mass is 472 g/mol. The molecule has 2 amide bonds. The minimum absolute atomic E-state index is 0.0890. The molecule has 2 aromatic rings. The molecule has 0 unspecified atom stereocenters. The molecule has 0 bridgehead atoms. The highest BCUT2D eigenvalue weighted by molar-refractivity contribution is 7.89. The Bertz CT molecular complexity index is 1200. The number of piperidine rings is 1. The molecule has 1 fully saturated rings. The first kappa shape index (κ1) is 23.2. The summed E-state index contributed by atoms with van der Waals surface area (Å²) in [5.41, 5.74) is 1.94. The summed E-state index contributed by atoms with van der Waals surface area (Å²) in [6.07, 6.45) is 2.61. The molecule has 4 rings (SSSR count). The van der Waals surface area contributed by atoms with Gasteiger partial charge in [-0.1, -0.05) is 6.92 Å². The number of sulfonamides is 1. The maximum atomic E-state index is 13.5. The predicted octanol–water partition coefficient (Wildman–Crippen LogP) is 2.85. The van der Waals surface area contributed by atoms with Crippen molar-refractivity contribution in [3.05, 3.63) is 41.6 Å². The second-order valence-electron chi connectivity index (χ2n) is 8.53. The first-order valence-corrected chi connectivity index (χ1v) is 12.5. The highest BCUT2D eigenvalue weighted by Gasteiger charge is 2.36. The Morgan fingerprint density at radius 1 is 1.30 bits per heavy atom. The number of carbonyl (C=O) groups is 2. The summed E-state index contributed by atoms with van der Waals surface area (Å²) < 4.78 is 34.1. The van der Waals surface area contributed by atoms with Crippen molar-refractivity contribution in [2.45, 2.75) is 51.0 Å². The minimum atomic E-state index is -3.86. The van der Waals surface area contributed by atoms with Crippen molar-refractivity contribution in [3.8, 4) is 5.75 Å². The van der Waals surface area contributed by atoms with Gasteiger partial charge < -0.3 is 15.4 Å². The van der Waals surface area contributed by atoms with E-state index in [-0.39, 0.29) is 23.3 Å². The van der Waals surface area contributed by atoms with Crippen molar-refractivity contribution in [2.24, 2.45) is 5.92 Å². The summed E-state index contributed by atoms with van der Waals surface area (Å²) in [4.78, 5) is 29.2. The van der Waals surface area contributed by atoms with Gasteiger partial charge in [0, 0.05) is 25.4 Å². The zero-order valence-corrected chi connectivity index (χ0v) is 19.7. The summed E-state index contributed by atoms with van der Waals surface area (Å²) >= 11 is 0. The smallest absolute Gasteiger partial charge is 0.265 e. The van der Waals surface area contributed by atoms with Crippen LogP contribution in [0.3, 0.4) is 0 Å². The second kappa shape index (κ2) is 9.11. The Labute approximate surface area is 193 Å². The largest absolute Gasteiger partial charge is 0.478 e. The number of fused-ring (bicyclic) bond motifs is 1. The lowest BCUT2D eigenvalue weighted by Crippen LogP contribution is -2.44. The van der Waals surface area contributed by atoms with Gasteiger partial charge in [0.05, 0.1) is 16.5 Å². The molecular formula is C23H28N4O5S. The average molecular weight is 473 g/mol. The number of hydrogen-bond acceptors (Lipinski definition) is 6. The van der Waals surface area contributed by atoms with E-state index in [0.29, 0.717) is 48.6 Å². The van der Waals surface area contributed by atoms with Gasteiger partial charge in [-0.3, -0.25) is 9.59 Å². The van der Waals surface area contributed by atoms with Gasteiger partial charge in [-0.25, -0.2) is 13.4 Å². The van der Waals surface area contributed by atoms with Crippen molar-refractivity contribution < 1.29 is 22.7 Å². The number of hydrogen-bond donors (Lipinski definition) is 2. The van der Waals surface area contributed by atoms with Crippen molar-refractivity contribution in [2.75, 3.05) is 23.7 Å². The van der Waals surface area contributed by atoms with Gasteiger partial charge >= 0.3 is 0 Å². The summed E-state index contributed by atoms with van der Waals surface area (Å²) in [6.45, 7) is 5.84. The number of pyridine rings is 1. The van der Waals surface area contributed by atoms with Gasteiger partial charge in [0.25, 0.3) is 5.91 Å². The molecule has 2 N–H and O–H groups in total. The zero-order valence-electron chi connectivity index (χ0n) is 18.9. The van der Waals surface area contributed by atoms with Crippen LogP contribution in [0.15, 0.2) is 35.4 Å². The lowest BCUT2D eigenvalue weighted by molar-refractivity contribution is -0.123. The topological polar surface area (TPSA) is 118 Å². The number of nitrogens with one attached hydrogen (secondary N) is 2. The third-order valence-corrected chi connectivity index (χ3v) is 8.01. The summed E-state index contributed by atoms with van der Waals surface area (Å²) in [6, 6.07) is 6.70. The summed E-state index contributed by atoms with van der Waals surface area (Å²) in [5.74, 6) is -0.175. The van der Waals surface area contributed by atoms with Crippen LogP contribution < -0.4 is 15.4 Å². The fourth-order valence-corrected chi connectivity index (χ4v) is 5.92. The highest BCUT2D eigenvalue weighted by atomic mass is 32.2. The molecule has 2 aliphatic heterocycles. The average Bonchev–Trinajstić information content (AvgIpc) is 2.78. The van der Waals surface area contributed by atoms with Gasteiger partial charge in [0.2, 0.25) is 15.9 Å². The van der Waals surface area contributed by atoms with E-state index in [1.54, 1.807) is 25.3 Å². The van der Waals surface area contributed by atoms with Gasteiger partial charge in [-0.05, 0) is 62.4 Å². The Morgan fingerprint density at radius 3 is 2.82 bits per heavy atom. The molecule has 10 heteroatoms. The van der Waals surface area contributed by atoms with Crippen LogP contribution in [0.1, 0.15) is 37.3 Å². The standard InChI is InChI=1S/C23H28N4O5S/c1-4-18-23(29)25-17-11-15(3)20(12-19(17)32-18)33(30,31)27-9-5-6-16(13-27)22(28)26-21-10-14(2)7-8-24-21/h7-8,10-12,16,18H,4-6,9,13H2,1-3H3,(H,25,29)(H,24,26,28)/t16-,18+/m1/s1. The SMILES string of the molecule is CC[C@@H]1Oc2cc(S(=O)(=O)N3CCC[C@@H](C(=O)Nc4cc(C)ccn4)C3)c(C)cc2NC1=O. The third-order valence-electron chi connectivity index (χ3n) is 6.01. The second-order valence-corrected chi connectivity index (χ2v) is 10.4. The van der Waals surface area contributed by atoms with E-state index in [2.05, 4.69) is 15.6 Å². The Morgan fingerprint density at radius 2 is 2.09 bits per heavy atom. The van der Waals surface area contributed by atoms with E-state index in [1.165, 1.54) is 10.4 Å². The van der Waals surface area contributed by atoms with Crippen LogP contribution in [-0.2, 0) is 19.6 Å².